The summed E-state index contributed by atoms with van der Waals surface area (Å²) >= 11 is 0. The van der Waals surface area contributed by atoms with Gasteiger partial charge in [0.1, 0.15) is 0 Å². The van der Waals surface area contributed by atoms with Gasteiger partial charge in [-0.05, 0) is 41.9 Å². The summed E-state index contributed by atoms with van der Waals surface area (Å²) in [5, 5.41) is 0. The molecule has 0 nitrogen and oxygen atoms in total. The molecule has 0 saturated heterocycles. The Bertz CT molecular complexity index is 169. The SMILES string of the molecule is CC(C)C(C)CCC1C(C)C1C(C)C. The Morgan fingerprint density at radius 2 is 1.57 bits per heavy atom. The van der Waals surface area contributed by atoms with Gasteiger partial charge in [0.2, 0.25) is 0 Å². The van der Waals surface area contributed by atoms with Gasteiger partial charge in [0.05, 0.1) is 0 Å². The van der Waals surface area contributed by atoms with Crippen LogP contribution in [0.2, 0.25) is 0 Å². The molecule has 1 fully saturated rings. The molecule has 0 radical (unpaired) electrons. The molecule has 0 aromatic heterocycles. The van der Waals surface area contributed by atoms with Crippen molar-refractivity contribution in [1.29, 1.82) is 0 Å². The molecule has 1 rings (SSSR count). The van der Waals surface area contributed by atoms with Crippen molar-refractivity contribution in [1.82, 2.24) is 0 Å². The van der Waals surface area contributed by atoms with Gasteiger partial charge >= 0.3 is 0 Å². The van der Waals surface area contributed by atoms with E-state index >= 15 is 0 Å². The fourth-order valence-corrected chi connectivity index (χ4v) is 2.93. The van der Waals surface area contributed by atoms with E-state index in [0.29, 0.717) is 0 Å². The zero-order valence-corrected chi connectivity index (χ0v) is 10.9. The third kappa shape index (κ3) is 2.74. The predicted octanol–water partition coefficient (Wildman–Crippen LogP) is 4.60. The van der Waals surface area contributed by atoms with E-state index in [-0.39, 0.29) is 0 Å². The third-order valence-corrected chi connectivity index (χ3v) is 4.50. The van der Waals surface area contributed by atoms with Crippen molar-refractivity contribution in [3.05, 3.63) is 0 Å². The Morgan fingerprint density at radius 1 is 1.00 bits per heavy atom. The Hall–Kier alpha value is 0. The first-order valence-corrected chi connectivity index (χ1v) is 6.45. The van der Waals surface area contributed by atoms with Crippen LogP contribution in [0.5, 0.6) is 0 Å². The smallest absolute Gasteiger partial charge is 0.0331 e. The lowest BCUT2D eigenvalue weighted by atomic mass is 9.91. The minimum Gasteiger partial charge on any atom is -0.0625 e. The Kier molecular flexibility index (Phi) is 4.04. The van der Waals surface area contributed by atoms with Crippen molar-refractivity contribution in [3.63, 3.8) is 0 Å². The van der Waals surface area contributed by atoms with Gasteiger partial charge in [-0.1, -0.05) is 48.0 Å². The lowest BCUT2D eigenvalue weighted by Crippen LogP contribution is -2.04. The second-order valence-corrected chi connectivity index (χ2v) is 6.14. The highest BCUT2D eigenvalue weighted by Crippen LogP contribution is 2.53. The van der Waals surface area contributed by atoms with Gasteiger partial charge in [-0.3, -0.25) is 0 Å². The standard InChI is InChI=1S/C14H28/c1-9(2)11(5)7-8-13-12(6)14(13)10(3)4/h9-14H,7-8H2,1-6H3. The van der Waals surface area contributed by atoms with E-state index in [1.165, 1.54) is 12.8 Å². The Balaban J connectivity index is 2.21. The van der Waals surface area contributed by atoms with Crippen molar-refractivity contribution in [3.8, 4) is 0 Å². The zero-order valence-electron chi connectivity index (χ0n) is 10.9. The maximum Gasteiger partial charge on any atom is -0.0331 e. The van der Waals surface area contributed by atoms with E-state index in [9.17, 15) is 0 Å². The van der Waals surface area contributed by atoms with E-state index in [2.05, 4.69) is 41.5 Å². The summed E-state index contributed by atoms with van der Waals surface area (Å²) in [6, 6.07) is 0. The summed E-state index contributed by atoms with van der Waals surface area (Å²) in [4.78, 5) is 0. The quantitative estimate of drug-likeness (QED) is 0.603. The average Bonchev–Trinajstić information content (AvgIpc) is 2.72. The van der Waals surface area contributed by atoms with E-state index in [1.54, 1.807) is 0 Å². The average molecular weight is 196 g/mol. The summed E-state index contributed by atoms with van der Waals surface area (Å²) in [6.07, 6.45) is 2.92. The highest BCUT2D eigenvalue weighted by Gasteiger charge is 2.47. The van der Waals surface area contributed by atoms with Gasteiger partial charge in [0, 0.05) is 0 Å². The van der Waals surface area contributed by atoms with E-state index < -0.39 is 0 Å². The van der Waals surface area contributed by atoms with Crippen LogP contribution in [0.3, 0.4) is 0 Å². The van der Waals surface area contributed by atoms with Crippen LogP contribution < -0.4 is 0 Å². The molecule has 1 aliphatic rings. The fourth-order valence-electron chi connectivity index (χ4n) is 2.93. The highest BCUT2D eigenvalue weighted by molar-refractivity contribution is 4.95. The van der Waals surface area contributed by atoms with E-state index in [1.807, 2.05) is 0 Å². The predicted molar refractivity (Wildman–Crippen MR) is 64.2 cm³/mol. The molecule has 0 spiro atoms. The lowest BCUT2D eigenvalue weighted by molar-refractivity contribution is 0.362. The van der Waals surface area contributed by atoms with Crippen molar-refractivity contribution >= 4 is 0 Å². The van der Waals surface area contributed by atoms with Gasteiger partial charge in [0.25, 0.3) is 0 Å². The molecule has 0 heteroatoms. The third-order valence-electron chi connectivity index (χ3n) is 4.50. The van der Waals surface area contributed by atoms with Crippen molar-refractivity contribution < 1.29 is 0 Å². The number of hydrogen-bond donors (Lipinski definition) is 0. The molecule has 1 saturated carbocycles. The van der Waals surface area contributed by atoms with Gasteiger partial charge < -0.3 is 0 Å². The molecule has 0 amide bonds. The molecule has 0 heterocycles. The first kappa shape index (κ1) is 12.1. The van der Waals surface area contributed by atoms with Crippen LogP contribution in [-0.2, 0) is 0 Å². The van der Waals surface area contributed by atoms with E-state index in [0.717, 1.165) is 35.5 Å². The molecule has 4 atom stereocenters. The van der Waals surface area contributed by atoms with Crippen LogP contribution in [0, 0.1) is 35.5 Å². The second kappa shape index (κ2) is 4.68. The highest BCUT2D eigenvalue weighted by atomic mass is 14.5. The van der Waals surface area contributed by atoms with Crippen LogP contribution in [0.15, 0.2) is 0 Å². The Morgan fingerprint density at radius 3 is 1.93 bits per heavy atom. The van der Waals surface area contributed by atoms with Crippen LogP contribution in [0.1, 0.15) is 54.4 Å². The fraction of sp³-hybridized carbons (Fsp3) is 1.00. The molecule has 0 aromatic rings. The summed E-state index contributed by atoms with van der Waals surface area (Å²) in [7, 11) is 0. The molecule has 1 aliphatic carbocycles. The van der Waals surface area contributed by atoms with Crippen LogP contribution in [-0.4, -0.2) is 0 Å². The molecule has 4 unspecified atom stereocenters. The zero-order chi connectivity index (χ0) is 10.9. The lowest BCUT2D eigenvalue weighted by Gasteiger charge is -2.15. The van der Waals surface area contributed by atoms with Gasteiger partial charge in [-0.2, -0.15) is 0 Å². The minimum absolute atomic E-state index is 0.863. The molecule has 84 valence electrons. The summed E-state index contributed by atoms with van der Waals surface area (Å²) in [5.41, 5.74) is 0. The van der Waals surface area contributed by atoms with Gasteiger partial charge in [0.15, 0.2) is 0 Å². The number of rotatable bonds is 5. The largest absolute Gasteiger partial charge is 0.0625 e. The van der Waals surface area contributed by atoms with Crippen molar-refractivity contribution in [2.75, 3.05) is 0 Å². The molecular formula is C14H28. The molecule has 14 heavy (non-hydrogen) atoms. The normalized spacial score (nSPS) is 33.9. The van der Waals surface area contributed by atoms with Crippen LogP contribution in [0.4, 0.5) is 0 Å². The first-order valence-electron chi connectivity index (χ1n) is 6.45. The van der Waals surface area contributed by atoms with E-state index in [4.69, 9.17) is 0 Å². The molecule has 0 bridgehead atoms. The maximum atomic E-state index is 2.44. The van der Waals surface area contributed by atoms with Gasteiger partial charge in [-0.15, -0.1) is 0 Å². The van der Waals surface area contributed by atoms with Crippen LogP contribution in [0.25, 0.3) is 0 Å². The monoisotopic (exact) mass is 196 g/mol. The molecule has 0 N–H and O–H groups in total. The van der Waals surface area contributed by atoms with Crippen molar-refractivity contribution in [2.24, 2.45) is 35.5 Å². The van der Waals surface area contributed by atoms with Crippen LogP contribution >= 0.6 is 0 Å². The van der Waals surface area contributed by atoms with Gasteiger partial charge in [-0.25, -0.2) is 0 Å². The summed E-state index contributed by atoms with van der Waals surface area (Å²) < 4.78 is 0. The molecule has 0 aliphatic heterocycles. The summed E-state index contributed by atoms with van der Waals surface area (Å²) in [6.45, 7) is 14.3. The minimum atomic E-state index is 0.863. The molecular weight excluding hydrogens is 168 g/mol. The van der Waals surface area contributed by atoms with Crippen molar-refractivity contribution in [2.45, 2.75) is 54.4 Å². The number of hydrogen-bond acceptors (Lipinski definition) is 0. The maximum absolute atomic E-state index is 2.44. The topological polar surface area (TPSA) is 0 Å². The first-order chi connectivity index (χ1) is 6.45. The molecule has 0 aromatic carbocycles. The second-order valence-electron chi connectivity index (χ2n) is 6.14. The summed E-state index contributed by atoms with van der Waals surface area (Å²) in [5.74, 6) is 5.78. The Labute approximate surface area is 90.5 Å².